The Bertz CT molecular complexity index is 1310. The standard InChI is InChI=1S/C24H26N6O/c1-24(2,3)23(31)30-10-7-15(8-11-30)21-13-18-20(6-9-25-22(18)28-21)27-17-4-5-19-16(12-17)14-26-29-19/h4-7,9,12-14H,8,10-11H2,1-3H3,(H,26,29)(H2,25,27,28). The maximum absolute atomic E-state index is 12.6. The van der Waals surface area contributed by atoms with E-state index in [2.05, 4.69) is 43.7 Å². The van der Waals surface area contributed by atoms with Crippen molar-refractivity contribution in [3.63, 3.8) is 0 Å². The summed E-state index contributed by atoms with van der Waals surface area (Å²) in [5.41, 5.74) is 5.78. The summed E-state index contributed by atoms with van der Waals surface area (Å²) in [5.74, 6) is 0.196. The van der Waals surface area contributed by atoms with Crippen molar-refractivity contribution in [3.05, 3.63) is 54.5 Å². The van der Waals surface area contributed by atoms with Crippen LogP contribution < -0.4 is 5.32 Å². The summed E-state index contributed by atoms with van der Waals surface area (Å²) >= 11 is 0. The lowest BCUT2D eigenvalue weighted by Gasteiger charge is -2.31. The summed E-state index contributed by atoms with van der Waals surface area (Å²) in [7, 11) is 0. The Hall–Kier alpha value is -3.61. The van der Waals surface area contributed by atoms with Gasteiger partial charge in [-0.25, -0.2) is 4.98 Å². The van der Waals surface area contributed by atoms with Crippen molar-refractivity contribution in [2.75, 3.05) is 18.4 Å². The van der Waals surface area contributed by atoms with Crippen molar-refractivity contribution in [2.24, 2.45) is 5.41 Å². The molecule has 0 radical (unpaired) electrons. The van der Waals surface area contributed by atoms with Crippen LogP contribution in [0.1, 0.15) is 32.9 Å². The summed E-state index contributed by atoms with van der Waals surface area (Å²) in [5, 5.41) is 12.7. The fraction of sp³-hybridized carbons (Fsp3) is 0.292. The molecule has 7 nitrogen and oxygen atoms in total. The number of nitrogens with zero attached hydrogens (tertiary/aromatic N) is 3. The molecule has 1 amide bonds. The van der Waals surface area contributed by atoms with Gasteiger partial charge >= 0.3 is 0 Å². The fourth-order valence-corrected chi connectivity index (χ4v) is 4.06. The van der Waals surface area contributed by atoms with Crippen LogP contribution in [0.25, 0.3) is 27.5 Å². The molecule has 0 atom stereocenters. The summed E-state index contributed by atoms with van der Waals surface area (Å²) in [6, 6.07) is 10.3. The van der Waals surface area contributed by atoms with Gasteiger partial charge in [0.15, 0.2) is 0 Å². The Labute approximate surface area is 180 Å². The normalized spacial score (nSPS) is 14.8. The van der Waals surface area contributed by atoms with Gasteiger partial charge in [0.25, 0.3) is 0 Å². The van der Waals surface area contributed by atoms with E-state index in [-0.39, 0.29) is 11.3 Å². The smallest absolute Gasteiger partial charge is 0.228 e. The van der Waals surface area contributed by atoms with Crippen molar-refractivity contribution in [1.29, 1.82) is 0 Å². The Morgan fingerprint density at radius 3 is 2.84 bits per heavy atom. The average molecular weight is 415 g/mol. The number of benzene rings is 1. The van der Waals surface area contributed by atoms with Crippen LogP contribution in [-0.4, -0.2) is 44.1 Å². The molecule has 158 valence electrons. The van der Waals surface area contributed by atoms with Crippen molar-refractivity contribution in [1.82, 2.24) is 25.1 Å². The average Bonchev–Trinajstić information content (AvgIpc) is 3.40. The Balaban J connectivity index is 1.41. The minimum atomic E-state index is -0.351. The van der Waals surface area contributed by atoms with Crippen molar-refractivity contribution < 1.29 is 4.79 Å². The van der Waals surface area contributed by atoms with Crippen molar-refractivity contribution in [3.8, 4) is 0 Å². The Kier molecular flexibility index (Phi) is 4.54. The molecule has 1 aliphatic heterocycles. The summed E-state index contributed by atoms with van der Waals surface area (Å²) < 4.78 is 0. The second-order valence-electron chi connectivity index (χ2n) is 9.08. The summed E-state index contributed by atoms with van der Waals surface area (Å²) in [6.45, 7) is 7.29. The lowest BCUT2D eigenvalue weighted by Crippen LogP contribution is -2.41. The number of carbonyl (C=O) groups excluding carboxylic acids is 1. The Morgan fingerprint density at radius 1 is 1.19 bits per heavy atom. The van der Waals surface area contributed by atoms with Gasteiger partial charge in [-0.2, -0.15) is 5.10 Å². The minimum Gasteiger partial charge on any atom is -0.355 e. The van der Waals surface area contributed by atoms with Crippen molar-refractivity contribution in [2.45, 2.75) is 27.2 Å². The molecule has 0 bridgehead atoms. The monoisotopic (exact) mass is 414 g/mol. The van der Waals surface area contributed by atoms with E-state index in [9.17, 15) is 4.79 Å². The first-order valence-corrected chi connectivity index (χ1v) is 10.6. The number of hydrogen-bond acceptors (Lipinski definition) is 4. The molecular formula is C24H26N6O. The first-order valence-electron chi connectivity index (χ1n) is 10.6. The number of rotatable bonds is 3. The number of pyridine rings is 1. The van der Waals surface area contributed by atoms with Gasteiger partial charge in [-0.1, -0.05) is 26.8 Å². The third kappa shape index (κ3) is 3.67. The maximum atomic E-state index is 12.6. The lowest BCUT2D eigenvalue weighted by atomic mass is 9.93. The number of aromatic nitrogens is 4. The van der Waals surface area contributed by atoms with Crippen LogP contribution in [0, 0.1) is 5.41 Å². The van der Waals surface area contributed by atoms with E-state index < -0.39 is 0 Å². The van der Waals surface area contributed by atoms with Gasteiger partial charge in [0.1, 0.15) is 5.65 Å². The molecule has 0 saturated carbocycles. The highest BCUT2D eigenvalue weighted by atomic mass is 16.2. The third-order valence-corrected chi connectivity index (χ3v) is 5.73. The highest BCUT2D eigenvalue weighted by Crippen LogP contribution is 2.31. The molecule has 0 unspecified atom stereocenters. The molecule has 1 aromatic carbocycles. The zero-order chi connectivity index (χ0) is 21.6. The lowest BCUT2D eigenvalue weighted by molar-refractivity contribution is -0.139. The quantitative estimate of drug-likeness (QED) is 0.447. The van der Waals surface area contributed by atoms with Crippen LogP contribution in [0.2, 0.25) is 0 Å². The third-order valence-electron chi connectivity index (χ3n) is 5.73. The van der Waals surface area contributed by atoms with Gasteiger partial charge in [0, 0.05) is 46.9 Å². The van der Waals surface area contributed by atoms with E-state index in [1.807, 2.05) is 50.1 Å². The zero-order valence-electron chi connectivity index (χ0n) is 18.0. The molecular weight excluding hydrogens is 388 g/mol. The first-order chi connectivity index (χ1) is 14.9. The van der Waals surface area contributed by atoms with Crippen LogP contribution >= 0.6 is 0 Å². The van der Waals surface area contributed by atoms with Crippen LogP contribution in [0.4, 0.5) is 11.4 Å². The molecule has 31 heavy (non-hydrogen) atoms. The zero-order valence-corrected chi connectivity index (χ0v) is 18.0. The number of anilines is 2. The molecule has 0 aliphatic carbocycles. The molecule has 4 aromatic rings. The summed E-state index contributed by atoms with van der Waals surface area (Å²) in [4.78, 5) is 22.5. The van der Waals surface area contributed by atoms with Gasteiger partial charge in [-0.15, -0.1) is 0 Å². The second-order valence-corrected chi connectivity index (χ2v) is 9.08. The van der Waals surface area contributed by atoms with Gasteiger partial charge in [-0.05, 0) is 42.3 Å². The van der Waals surface area contributed by atoms with Gasteiger partial charge in [-0.3, -0.25) is 9.89 Å². The largest absolute Gasteiger partial charge is 0.355 e. The van der Waals surface area contributed by atoms with E-state index >= 15 is 0 Å². The molecule has 0 spiro atoms. The van der Waals surface area contributed by atoms with Gasteiger partial charge < -0.3 is 15.2 Å². The van der Waals surface area contributed by atoms with Crippen LogP contribution in [0.15, 0.2) is 48.8 Å². The molecule has 5 rings (SSSR count). The molecule has 3 aromatic heterocycles. The van der Waals surface area contributed by atoms with Crippen LogP contribution in [0.5, 0.6) is 0 Å². The number of nitrogens with one attached hydrogen (secondary N) is 3. The number of carbonyl (C=O) groups is 1. The molecule has 0 fully saturated rings. The van der Waals surface area contributed by atoms with E-state index in [4.69, 9.17) is 0 Å². The highest BCUT2D eigenvalue weighted by Gasteiger charge is 2.28. The molecule has 7 heteroatoms. The minimum absolute atomic E-state index is 0.196. The highest BCUT2D eigenvalue weighted by molar-refractivity contribution is 5.95. The predicted molar refractivity (Wildman–Crippen MR) is 124 cm³/mol. The van der Waals surface area contributed by atoms with E-state index in [0.29, 0.717) is 6.54 Å². The van der Waals surface area contributed by atoms with Gasteiger partial charge in [0.05, 0.1) is 17.4 Å². The molecule has 1 aliphatic rings. The maximum Gasteiger partial charge on any atom is 0.228 e. The number of amides is 1. The summed E-state index contributed by atoms with van der Waals surface area (Å²) in [6.07, 6.45) is 6.60. The number of H-pyrrole nitrogens is 2. The molecule has 4 heterocycles. The topological polar surface area (TPSA) is 89.7 Å². The predicted octanol–water partition coefficient (Wildman–Crippen LogP) is 4.84. The first kappa shape index (κ1) is 19.4. The van der Waals surface area contributed by atoms with Crippen LogP contribution in [-0.2, 0) is 4.79 Å². The van der Waals surface area contributed by atoms with Crippen molar-refractivity contribution >= 4 is 44.8 Å². The Morgan fingerprint density at radius 2 is 2.06 bits per heavy atom. The fourth-order valence-electron chi connectivity index (χ4n) is 4.06. The molecule has 3 N–H and O–H groups in total. The van der Waals surface area contributed by atoms with E-state index in [0.717, 1.165) is 52.0 Å². The molecule has 0 saturated heterocycles. The van der Waals surface area contributed by atoms with E-state index in [1.54, 1.807) is 6.20 Å². The van der Waals surface area contributed by atoms with E-state index in [1.165, 1.54) is 5.57 Å². The number of fused-ring (bicyclic) bond motifs is 2. The number of aromatic amines is 2. The SMILES string of the molecule is CC(C)(C)C(=O)N1CC=C(c2cc3c(Nc4ccc5[nH]ncc5c4)ccnc3[nH]2)CC1. The van der Waals surface area contributed by atoms with Gasteiger partial charge in [0.2, 0.25) is 5.91 Å². The second kappa shape index (κ2) is 7.27. The number of hydrogen-bond donors (Lipinski definition) is 3. The van der Waals surface area contributed by atoms with Crippen LogP contribution in [0.3, 0.4) is 0 Å².